The van der Waals surface area contributed by atoms with E-state index in [4.69, 9.17) is 0 Å². The SMILES string of the molecule is O=CC1C[C@H]2CC2N1. The predicted octanol–water partition coefficient (Wildman–Crippen LogP) is -0.0643. The first-order valence-corrected chi connectivity index (χ1v) is 3.11. The molecule has 1 saturated carbocycles. The lowest BCUT2D eigenvalue weighted by molar-refractivity contribution is -0.109. The summed E-state index contributed by atoms with van der Waals surface area (Å²) in [7, 11) is 0. The third-order valence-corrected chi connectivity index (χ3v) is 2.07. The van der Waals surface area contributed by atoms with Crippen LogP contribution in [0.5, 0.6) is 0 Å². The number of nitrogens with one attached hydrogen (secondary N) is 1. The minimum Gasteiger partial charge on any atom is -0.305 e. The van der Waals surface area contributed by atoms with E-state index in [1.54, 1.807) is 0 Å². The fourth-order valence-corrected chi connectivity index (χ4v) is 1.48. The molecule has 1 N–H and O–H groups in total. The summed E-state index contributed by atoms with van der Waals surface area (Å²) in [4.78, 5) is 10.1. The lowest BCUT2D eigenvalue weighted by atomic mass is 10.2. The van der Waals surface area contributed by atoms with E-state index in [9.17, 15) is 4.79 Å². The Morgan fingerprint density at radius 1 is 1.50 bits per heavy atom. The maximum atomic E-state index is 10.1. The molecule has 3 atom stereocenters. The fourth-order valence-electron chi connectivity index (χ4n) is 1.48. The van der Waals surface area contributed by atoms with Crippen LogP contribution in [0, 0.1) is 5.92 Å². The number of hydrogen-bond acceptors (Lipinski definition) is 2. The standard InChI is InChI=1S/C6H9NO/c8-3-5-1-4-2-6(4)7-5/h3-7H,1-2H2/t4-,5?,6?/m0/s1. The molecular weight excluding hydrogens is 102 g/mol. The molecule has 44 valence electrons. The normalized spacial score (nSPS) is 50.8. The minimum absolute atomic E-state index is 0.193. The Bertz CT molecular complexity index is 114. The van der Waals surface area contributed by atoms with E-state index in [0.29, 0.717) is 6.04 Å². The zero-order valence-electron chi connectivity index (χ0n) is 4.63. The molecule has 1 aliphatic heterocycles. The van der Waals surface area contributed by atoms with Gasteiger partial charge in [0.1, 0.15) is 6.29 Å². The summed E-state index contributed by atoms with van der Waals surface area (Å²) in [6, 6.07) is 0.906. The number of piperidine rings is 1. The number of rotatable bonds is 1. The molecule has 0 aromatic rings. The highest BCUT2D eigenvalue weighted by Gasteiger charge is 2.45. The van der Waals surface area contributed by atoms with Gasteiger partial charge < -0.3 is 10.1 Å². The van der Waals surface area contributed by atoms with Crippen LogP contribution in [-0.2, 0) is 4.79 Å². The topological polar surface area (TPSA) is 29.1 Å². The van der Waals surface area contributed by atoms with Crippen molar-refractivity contribution in [3.8, 4) is 0 Å². The summed E-state index contributed by atoms with van der Waals surface area (Å²) < 4.78 is 0. The molecule has 2 nitrogen and oxygen atoms in total. The van der Waals surface area contributed by atoms with E-state index >= 15 is 0 Å². The van der Waals surface area contributed by atoms with Crippen LogP contribution in [0.15, 0.2) is 0 Å². The van der Waals surface area contributed by atoms with Gasteiger partial charge in [-0.2, -0.15) is 0 Å². The largest absolute Gasteiger partial charge is 0.305 e. The van der Waals surface area contributed by atoms with Gasteiger partial charge in [-0.1, -0.05) is 0 Å². The molecule has 0 aromatic carbocycles. The number of aldehydes is 1. The molecule has 2 heteroatoms. The first kappa shape index (κ1) is 4.50. The van der Waals surface area contributed by atoms with Crippen molar-refractivity contribution in [2.24, 2.45) is 5.92 Å². The quantitative estimate of drug-likeness (QED) is 0.480. The number of hydrogen-bond donors (Lipinski definition) is 1. The number of fused-ring (bicyclic) bond motifs is 1. The van der Waals surface area contributed by atoms with Gasteiger partial charge in [0.15, 0.2) is 0 Å². The van der Waals surface area contributed by atoms with Gasteiger partial charge in [0.25, 0.3) is 0 Å². The Morgan fingerprint density at radius 2 is 2.38 bits per heavy atom. The van der Waals surface area contributed by atoms with E-state index in [0.717, 1.165) is 18.6 Å². The summed E-state index contributed by atoms with van der Waals surface area (Å²) >= 11 is 0. The van der Waals surface area contributed by atoms with Crippen molar-refractivity contribution in [2.75, 3.05) is 0 Å². The Kier molecular flexibility index (Phi) is 0.742. The van der Waals surface area contributed by atoms with Crippen LogP contribution in [0.3, 0.4) is 0 Å². The van der Waals surface area contributed by atoms with Crippen LogP contribution in [0.2, 0.25) is 0 Å². The summed E-state index contributed by atoms with van der Waals surface area (Å²) in [5, 5.41) is 3.21. The maximum absolute atomic E-state index is 10.1. The zero-order chi connectivity index (χ0) is 5.56. The molecule has 1 heterocycles. The van der Waals surface area contributed by atoms with Gasteiger partial charge in [-0.3, -0.25) is 0 Å². The highest BCUT2D eigenvalue weighted by atomic mass is 16.1. The lowest BCUT2D eigenvalue weighted by Crippen LogP contribution is -2.26. The maximum Gasteiger partial charge on any atom is 0.136 e. The van der Waals surface area contributed by atoms with Gasteiger partial charge in [0.05, 0.1) is 6.04 Å². The van der Waals surface area contributed by atoms with Gasteiger partial charge in [0.2, 0.25) is 0 Å². The van der Waals surface area contributed by atoms with Crippen molar-refractivity contribution in [1.29, 1.82) is 0 Å². The third-order valence-electron chi connectivity index (χ3n) is 2.07. The third kappa shape index (κ3) is 0.494. The molecule has 2 rings (SSSR count). The fraction of sp³-hybridized carbons (Fsp3) is 0.833. The first-order chi connectivity index (χ1) is 3.90. The van der Waals surface area contributed by atoms with Gasteiger partial charge in [-0.05, 0) is 18.8 Å². The first-order valence-electron chi connectivity index (χ1n) is 3.11. The van der Waals surface area contributed by atoms with E-state index in [2.05, 4.69) is 5.32 Å². The van der Waals surface area contributed by atoms with E-state index in [1.165, 1.54) is 6.42 Å². The molecule has 0 radical (unpaired) electrons. The Labute approximate surface area is 48.3 Å². The molecule has 1 saturated heterocycles. The van der Waals surface area contributed by atoms with Crippen molar-refractivity contribution in [3.63, 3.8) is 0 Å². The smallest absolute Gasteiger partial charge is 0.136 e. The van der Waals surface area contributed by atoms with Crippen molar-refractivity contribution >= 4 is 6.29 Å². The summed E-state index contributed by atoms with van der Waals surface area (Å²) in [5.74, 6) is 0.852. The van der Waals surface area contributed by atoms with Crippen molar-refractivity contribution in [1.82, 2.24) is 5.32 Å². The van der Waals surface area contributed by atoms with Crippen LogP contribution in [0.4, 0.5) is 0 Å². The van der Waals surface area contributed by atoms with Crippen LogP contribution in [-0.4, -0.2) is 18.4 Å². The molecular formula is C6H9NO. The van der Waals surface area contributed by atoms with E-state index in [1.807, 2.05) is 0 Å². The van der Waals surface area contributed by atoms with Crippen LogP contribution in [0.1, 0.15) is 12.8 Å². The molecule has 0 bridgehead atoms. The van der Waals surface area contributed by atoms with Crippen LogP contribution >= 0.6 is 0 Å². The van der Waals surface area contributed by atoms with Crippen molar-refractivity contribution < 1.29 is 4.79 Å². The van der Waals surface area contributed by atoms with Gasteiger partial charge >= 0.3 is 0 Å². The Morgan fingerprint density at radius 3 is 2.75 bits per heavy atom. The van der Waals surface area contributed by atoms with E-state index in [-0.39, 0.29) is 6.04 Å². The number of carbonyl (C=O) groups is 1. The molecule has 0 aromatic heterocycles. The summed E-state index contributed by atoms with van der Waals surface area (Å²) in [5.41, 5.74) is 0. The molecule has 0 amide bonds. The zero-order valence-corrected chi connectivity index (χ0v) is 4.63. The second kappa shape index (κ2) is 1.32. The second-order valence-corrected chi connectivity index (χ2v) is 2.75. The van der Waals surface area contributed by atoms with Gasteiger partial charge in [0, 0.05) is 6.04 Å². The minimum atomic E-state index is 0.193. The van der Waals surface area contributed by atoms with E-state index < -0.39 is 0 Å². The lowest BCUT2D eigenvalue weighted by Gasteiger charge is -2.00. The van der Waals surface area contributed by atoms with Gasteiger partial charge in [-0.15, -0.1) is 0 Å². The highest BCUT2D eigenvalue weighted by molar-refractivity contribution is 5.59. The average molecular weight is 111 g/mol. The number of carbonyl (C=O) groups excluding carboxylic acids is 1. The molecule has 2 fully saturated rings. The van der Waals surface area contributed by atoms with Crippen LogP contribution in [0.25, 0.3) is 0 Å². The van der Waals surface area contributed by atoms with Crippen molar-refractivity contribution in [3.05, 3.63) is 0 Å². The molecule has 2 unspecified atom stereocenters. The molecule has 1 aliphatic carbocycles. The monoisotopic (exact) mass is 111 g/mol. The summed E-state index contributed by atoms with van der Waals surface area (Å²) in [6.07, 6.45) is 3.42. The van der Waals surface area contributed by atoms with Crippen LogP contribution < -0.4 is 5.32 Å². The van der Waals surface area contributed by atoms with Gasteiger partial charge in [-0.25, -0.2) is 0 Å². The molecule has 2 aliphatic rings. The molecule has 0 spiro atoms. The Balaban J connectivity index is 1.98. The Hall–Kier alpha value is -0.370. The highest BCUT2D eigenvalue weighted by Crippen LogP contribution is 2.39. The second-order valence-electron chi connectivity index (χ2n) is 2.75. The predicted molar refractivity (Wildman–Crippen MR) is 29.5 cm³/mol. The average Bonchev–Trinajstić information content (AvgIpc) is 2.40. The molecule has 8 heavy (non-hydrogen) atoms. The summed E-state index contributed by atoms with van der Waals surface area (Å²) in [6.45, 7) is 0. The van der Waals surface area contributed by atoms with Crippen molar-refractivity contribution in [2.45, 2.75) is 24.9 Å².